The molecule has 0 saturated heterocycles. The summed E-state index contributed by atoms with van der Waals surface area (Å²) in [7, 11) is -4.05. The van der Waals surface area contributed by atoms with Gasteiger partial charge < -0.3 is 19.8 Å². The molecule has 172 valence electrons. The maximum absolute atomic E-state index is 13.1. The number of nitrogens with one attached hydrogen (secondary N) is 1. The highest BCUT2D eigenvalue weighted by molar-refractivity contribution is 7.53. The van der Waals surface area contributed by atoms with E-state index >= 15 is 0 Å². The molecule has 0 fully saturated rings. The van der Waals surface area contributed by atoms with E-state index in [1.165, 1.54) is 0 Å². The molecule has 0 radical (unpaired) electrons. The monoisotopic (exact) mass is 448 g/mol. The first kappa shape index (κ1) is 25.2. The number of hydrogen-bond acceptors (Lipinski definition) is 5. The Hall–Kier alpha value is -2.04. The number of aromatic nitrogens is 1. The minimum Gasteiger partial charge on any atom is -0.507 e. The largest absolute Gasteiger partial charge is 0.507 e. The highest BCUT2D eigenvalue weighted by Crippen LogP contribution is 2.52. The molecule has 6 nitrogen and oxygen atoms in total. The summed E-state index contributed by atoms with van der Waals surface area (Å²) < 4.78 is 19.0. The summed E-state index contributed by atoms with van der Waals surface area (Å²) >= 11 is 0. The molecule has 2 rings (SSSR count). The van der Waals surface area contributed by atoms with Crippen LogP contribution in [0.25, 0.3) is 0 Å². The van der Waals surface area contributed by atoms with E-state index in [0.29, 0.717) is 24.4 Å². The van der Waals surface area contributed by atoms with Gasteiger partial charge in [-0.3, -0.25) is 0 Å². The standard InChI is InChI=1S/C24H37N2O4P/c1-9-16-19(23(3,4)5)21(27)20(24(6,7)8)17(10-2)22(16)30-31(28,29)15-26-18-13-11-12-14-25-18/h11-14,27H,9-10,15H2,1-8H3,(H,25,26)(H,28,29). The predicted molar refractivity (Wildman–Crippen MR) is 127 cm³/mol. The summed E-state index contributed by atoms with van der Waals surface area (Å²) in [5, 5.41) is 14.2. The molecule has 0 bridgehead atoms. The van der Waals surface area contributed by atoms with Crippen LogP contribution in [0.15, 0.2) is 24.4 Å². The van der Waals surface area contributed by atoms with Crippen LogP contribution >= 0.6 is 7.60 Å². The molecule has 3 N–H and O–H groups in total. The van der Waals surface area contributed by atoms with Crippen LogP contribution in [-0.4, -0.2) is 21.3 Å². The third-order valence-corrected chi connectivity index (χ3v) is 6.22. The maximum Gasteiger partial charge on any atom is 0.395 e. The van der Waals surface area contributed by atoms with Gasteiger partial charge in [0.25, 0.3) is 0 Å². The van der Waals surface area contributed by atoms with Gasteiger partial charge in [0.1, 0.15) is 23.6 Å². The third kappa shape index (κ3) is 5.81. The van der Waals surface area contributed by atoms with Gasteiger partial charge >= 0.3 is 7.60 Å². The van der Waals surface area contributed by atoms with E-state index in [4.69, 9.17) is 4.52 Å². The highest BCUT2D eigenvalue weighted by atomic mass is 31.2. The topological polar surface area (TPSA) is 91.7 Å². The van der Waals surface area contributed by atoms with Crippen LogP contribution in [0.2, 0.25) is 0 Å². The van der Waals surface area contributed by atoms with E-state index < -0.39 is 7.60 Å². The lowest BCUT2D eigenvalue weighted by molar-refractivity contribution is 0.371. The Bertz CT molecular complexity index is 917. The fourth-order valence-electron chi connectivity index (χ4n) is 4.04. The van der Waals surface area contributed by atoms with E-state index in [1.54, 1.807) is 24.4 Å². The van der Waals surface area contributed by atoms with Crippen molar-refractivity contribution in [1.82, 2.24) is 4.98 Å². The smallest absolute Gasteiger partial charge is 0.395 e. The number of phenolic OH excluding ortho intramolecular Hbond substituents is 1. The minimum absolute atomic E-state index is 0.264. The van der Waals surface area contributed by atoms with E-state index in [9.17, 15) is 14.6 Å². The molecule has 7 heteroatoms. The first-order valence-electron chi connectivity index (χ1n) is 10.8. The molecule has 1 atom stereocenters. The molecule has 1 unspecified atom stereocenters. The fraction of sp³-hybridized carbons (Fsp3) is 0.542. The van der Waals surface area contributed by atoms with Crippen LogP contribution in [0.1, 0.15) is 77.6 Å². The van der Waals surface area contributed by atoms with Crippen molar-refractivity contribution < 1.29 is 19.1 Å². The zero-order valence-electron chi connectivity index (χ0n) is 20.0. The Labute approximate surface area is 186 Å². The van der Waals surface area contributed by atoms with Gasteiger partial charge in [-0.1, -0.05) is 61.5 Å². The van der Waals surface area contributed by atoms with Gasteiger partial charge in [-0.25, -0.2) is 9.55 Å². The Kier molecular flexibility index (Phi) is 7.50. The number of nitrogens with zero attached hydrogens (tertiary/aromatic N) is 1. The van der Waals surface area contributed by atoms with Gasteiger partial charge in [-0.15, -0.1) is 0 Å². The SMILES string of the molecule is CCc1c(OP(=O)(O)CNc2ccccn2)c(CC)c(C(C)(C)C)c(O)c1C(C)(C)C. The lowest BCUT2D eigenvalue weighted by Gasteiger charge is -2.34. The van der Waals surface area contributed by atoms with E-state index in [2.05, 4.69) is 10.3 Å². The lowest BCUT2D eigenvalue weighted by Crippen LogP contribution is -2.22. The molecule has 0 aliphatic rings. The first-order chi connectivity index (χ1) is 14.2. The lowest BCUT2D eigenvalue weighted by atomic mass is 9.74. The van der Waals surface area contributed by atoms with E-state index in [-0.39, 0.29) is 22.9 Å². The normalized spacial score (nSPS) is 14.2. The fourth-order valence-corrected chi connectivity index (χ4v) is 4.98. The summed E-state index contributed by atoms with van der Waals surface area (Å²) in [4.78, 5) is 14.8. The van der Waals surface area contributed by atoms with Gasteiger partial charge in [0, 0.05) is 28.5 Å². The van der Waals surface area contributed by atoms with Crippen molar-refractivity contribution in [1.29, 1.82) is 0 Å². The number of hydrogen-bond donors (Lipinski definition) is 3. The van der Waals surface area contributed by atoms with Crippen molar-refractivity contribution in [3.63, 3.8) is 0 Å². The van der Waals surface area contributed by atoms with E-state index in [1.807, 2.05) is 55.4 Å². The first-order valence-corrected chi connectivity index (χ1v) is 12.6. The Morgan fingerprint density at radius 1 is 1.00 bits per heavy atom. The van der Waals surface area contributed by atoms with Crippen molar-refractivity contribution in [2.24, 2.45) is 0 Å². The van der Waals surface area contributed by atoms with E-state index in [0.717, 1.165) is 22.3 Å². The summed E-state index contributed by atoms with van der Waals surface area (Å²) in [6, 6.07) is 5.30. The molecule has 1 aromatic heterocycles. The Balaban J connectivity index is 2.65. The summed E-state index contributed by atoms with van der Waals surface area (Å²) in [6.07, 6.45) is 2.48. The molecule has 0 amide bonds. The molecule has 1 aromatic carbocycles. The van der Waals surface area contributed by atoms with Crippen molar-refractivity contribution in [3.05, 3.63) is 46.6 Å². The highest BCUT2D eigenvalue weighted by Gasteiger charge is 2.35. The van der Waals surface area contributed by atoms with Crippen LogP contribution in [0.3, 0.4) is 0 Å². The van der Waals surface area contributed by atoms with Gasteiger partial charge in [0.2, 0.25) is 0 Å². The van der Waals surface area contributed by atoms with Crippen LogP contribution < -0.4 is 9.84 Å². The predicted octanol–water partition coefficient (Wildman–Crippen LogP) is 6.14. The Morgan fingerprint density at radius 2 is 1.52 bits per heavy atom. The van der Waals surface area contributed by atoms with Gasteiger partial charge in [0.15, 0.2) is 0 Å². The summed E-state index contributed by atoms with van der Waals surface area (Å²) in [5.41, 5.74) is 2.36. The molecule has 0 aliphatic heterocycles. The van der Waals surface area contributed by atoms with Crippen LogP contribution in [0.4, 0.5) is 5.82 Å². The maximum atomic E-state index is 13.1. The van der Waals surface area contributed by atoms with Gasteiger partial charge in [0.05, 0.1) is 0 Å². The second kappa shape index (κ2) is 9.22. The molecule has 31 heavy (non-hydrogen) atoms. The molecule has 0 aliphatic carbocycles. The van der Waals surface area contributed by atoms with Crippen LogP contribution in [0.5, 0.6) is 11.5 Å². The minimum atomic E-state index is -4.05. The number of aromatic hydroxyl groups is 1. The van der Waals surface area contributed by atoms with Crippen LogP contribution in [-0.2, 0) is 28.2 Å². The molecule has 2 aromatic rings. The zero-order chi connectivity index (χ0) is 23.6. The number of anilines is 1. The summed E-state index contributed by atoms with van der Waals surface area (Å²) in [6.45, 7) is 16.1. The zero-order valence-corrected chi connectivity index (χ0v) is 20.9. The quantitative estimate of drug-likeness (QED) is 0.441. The second-order valence-electron chi connectivity index (χ2n) is 9.87. The number of phenols is 1. The van der Waals surface area contributed by atoms with Crippen molar-refractivity contribution in [3.8, 4) is 11.5 Å². The molecular formula is C24H37N2O4P. The molecule has 0 spiro atoms. The number of benzene rings is 1. The second-order valence-corrected chi connectivity index (χ2v) is 11.6. The molecular weight excluding hydrogens is 411 g/mol. The third-order valence-electron chi connectivity index (χ3n) is 5.19. The van der Waals surface area contributed by atoms with Gasteiger partial charge in [-0.2, -0.15) is 0 Å². The molecule has 0 saturated carbocycles. The Morgan fingerprint density at radius 3 is 1.90 bits per heavy atom. The average Bonchev–Trinajstić information content (AvgIpc) is 2.65. The van der Waals surface area contributed by atoms with Crippen LogP contribution in [0, 0.1) is 0 Å². The van der Waals surface area contributed by atoms with Gasteiger partial charge in [-0.05, 0) is 35.8 Å². The van der Waals surface area contributed by atoms with Crippen molar-refractivity contribution in [2.45, 2.75) is 79.1 Å². The van der Waals surface area contributed by atoms with Crippen molar-refractivity contribution in [2.75, 3.05) is 11.6 Å². The van der Waals surface area contributed by atoms with Crippen molar-refractivity contribution >= 4 is 13.4 Å². The average molecular weight is 449 g/mol. The molecule has 1 heterocycles. The number of rotatable bonds is 7. The number of pyridine rings is 1. The summed E-state index contributed by atoms with van der Waals surface area (Å²) in [5.74, 6) is 1.19.